The molecule has 0 aliphatic carbocycles. The third-order valence-electron chi connectivity index (χ3n) is 4.71. The zero-order valence-corrected chi connectivity index (χ0v) is 17.3. The van der Waals surface area contributed by atoms with E-state index in [0.29, 0.717) is 39.3 Å². The second kappa shape index (κ2) is 12.0. The number of hydrogen-bond donors (Lipinski definition) is 4. The molecule has 1 fully saturated rings. The minimum Gasteiger partial charge on any atom is -0.480 e. The Morgan fingerprint density at radius 1 is 0.821 bits per heavy atom. The van der Waals surface area contributed by atoms with Gasteiger partial charge in [0.1, 0.15) is 6.04 Å². The maximum absolute atomic E-state index is 11.9. The molecule has 162 valence electrons. The fourth-order valence-electron chi connectivity index (χ4n) is 3.11. The molecule has 1 atom stereocenters. The number of hydrogen-bond acceptors (Lipinski definition) is 7. The molecule has 3 N–H and O–H groups in total. The molecule has 1 saturated heterocycles. The van der Waals surface area contributed by atoms with Crippen LogP contribution in [0.25, 0.3) is 0 Å². The first-order valence-electron chi connectivity index (χ1n) is 9.15. The monoisotopic (exact) mass is 421 g/mol. The molecule has 0 aromatic rings. The lowest BCUT2D eigenvalue weighted by Gasteiger charge is -2.30. The van der Waals surface area contributed by atoms with Crippen LogP contribution in [0.4, 0.5) is 0 Å². The summed E-state index contributed by atoms with van der Waals surface area (Å²) in [5.74, 6) is -3.01. The van der Waals surface area contributed by atoms with Crippen LogP contribution in [0.1, 0.15) is 12.8 Å². The molecule has 0 aromatic heterocycles. The van der Waals surface area contributed by atoms with Crippen LogP contribution in [0.2, 0.25) is 0 Å². The standard InChI is InChI=1S/C17H31N3O7S/c1-28(2)16(25)4-3-13(17(26)27)20-9-7-18(11-14(21)22)5-6-19(8-10-20)12-15(23)24/h13,28H,3-12H2,1-2H3,(H,21,22)(H,23,24)(H,26,27). The SMILES string of the molecule is C[SH](C)C(=O)CCC(C(=O)O)N1CCN(CC(=O)O)CCN(CC(=O)O)CC1. The van der Waals surface area contributed by atoms with Gasteiger partial charge in [-0.05, 0) is 18.9 Å². The zero-order valence-electron chi connectivity index (χ0n) is 16.4. The lowest BCUT2D eigenvalue weighted by molar-refractivity contribution is -0.144. The predicted molar refractivity (Wildman–Crippen MR) is 106 cm³/mol. The largest absolute Gasteiger partial charge is 0.480 e. The van der Waals surface area contributed by atoms with E-state index >= 15 is 0 Å². The van der Waals surface area contributed by atoms with E-state index in [0.717, 1.165) is 0 Å². The van der Waals surface area contributed by atoms with Crippen LogP contribution < -0.4 is 0 Å². The van der Waals surface area contributed by atoms with Gasteiger partial charge in [-0.15, -0.1) is 0 Å². The number of carbonyl (C=O) groups excluding carboxylic acids is 1. The van der Waals surface area contributed by atoms with Crippen LogP contribution in [0, 0.1) is 0 Å². The van der Waals surface area contributed by atoms with Crippen molar-refractivity contribution in [3.05, 3.63) is 0 Å². The average Bonchev–Trinajstić information content (AvgIpc) is 2.66. The van der Waals surface area contributed by atoms with Crippen molar-refractivity contribution >= 4 is 33.9 Å². The van der Waals surface area contributed by atoms with Gasteiger partial charge in [-0.2, -0.15) is 0 Å². The summed E-state index contributed by atoms with van der Waals surface area (Å²) in [5.41, 5.74) is 0. The number of rotatable bonds is 9. The molecule has 28 heavy (non-hydrogen) atoms. The van der Waals surface area contributed by atoms with Gasteiger partial charge in [0, 0.05) is 45.7 Å². The first-order chi connectivity index (χ1) is 13.1. The minimum absolute atomic E-state index is 0.0607. The maximum Gasteiger partial charge on any atom is 0.320 e. The van der Waals surface area contributed by atoms with Gasteiger partial charge in [0.05, 0.1) is 13.1 Å². The van der Waals surface area contributed by atoms with Gasteiger partial charge in [-0.1, -0.05) is 0 Å². The first kappa shape index (κ1) is 24.3. The van der Waals surface area contributed by atoms with E-state index < -0.39 is 34.8 Å². The summed E-state index contributed by atoms with van der Waals surface area (Å²) in [6.45, 7) is 1.79. The van der Waals surface area contributed by atoms with Crippen LogP contribution in [0.3, 0.4) is 0 Å². The Morgan fingerprint density at radius 2 is 1.25 bits per heavy atom. The van der Waals surface area contributed by atoms with Crippen molar-refractivity contribution in [1.29, 1.82) is 0 Å². The van der Waals surface area contributed by atoms with Gasteiger partial charge in [0.25, 0.3) is 0 Å². The topological polar surface area (TPSA) is 139 Å². The number of carbonyl (C=O) groups is 4. The Bertz CT molecular complexity index is 545. The van der Waals surface area contributed by atoms with Crippen molar-refractivity contribution in [1.82, 2.24) is 14.7 Å². The summed E-state index contributed by atoms with van der Waals surface area (Å²) in [4.78, 5) is 51.0. The van der Waals surface area contributed by atoms with Crippen molar-refractivity contribution in [2.75, 3.05) is 64.9 Å². The molecule has 1 heterocycles. The van der Waals surface area contributed by atoms with Gasteiger partial charge in [-0.25, -0.2) is 10.9 Å². The average molecular weight is 422 g/mol. The zero-order chi connectivity index (χ0) is 21.3. The molecule has 10 nitrogen and oxygen atoms in total. The normalized spacial score (nSPS) is 19.1. The van der Waals surface area contributed by atoms with Crippen LogP contribution in [-0.4, -0.2) is 124 Å². The van der Waals surface area contributed by atoms with Crippen molar-refractivity contribution in [2.45, 2.75) is 18.9 Å². The van der Waals surface area contributed by atoms with Crippen molar-refractivity contribution < 1.29 is 34.5 Å². The molecule has 1 aliphatic rings. The molecule has 11 heteroatoms. The van der Waals surface area contributed by atoms with E-state index in [1.807, 2.05) is 12.5 Å². The minimum atomic E-state index is -1.03. The Balaban J connectivity index is 2.91. The summed E-state index contributed by atoms with van der Waals surface area (Å²) in [6, 6.07) is -0.865. The molecule has 0 aromatic carbocycles. The quantitative estimate of drug-likeness (QED) is 0.346. The fraction of sp³-hybridized carbons (Fsp3) is 0.765. The van der Waals surface area contributed by atoms with E-state index in [9.17, 15) is 24.3 Å². The lowest BCUT2D eigenvalue weighted by atomic mass is 10.1. The van der Waals surface area contributed by atoms with E-state index in [1.54, 1.807) is 14.7 Å². The molecule has 1 rings (SSSR count). The van der Waals surface area contributed by atoms with Crippen LogP contribution in [0.15, 0.2) is 0 Å². The molecule has 0 radical (unpaired) electrons. The highest BCUT2D eigenvalue weighted by Crippen LogP contribution is 2.20. The molecule has 0 bridgehead atoms. The van der Waals surface area contributed by atoms with Crippen LogP contribution >= 0.6 is 10.9 Å². The third-order valence-corrected chi connectivity index (χ3v) is 5.93. The van der Waals surface area contributed by atoms with E-state index in [2.05, 4.69) is 0 Å². The number of carboxylic acids is 3. The molecule has 0 spiro atoms. The Hall–Kier alpha value is -1.69. The van der Waals surface area contributed by atoms with Crippen molar-refractivity contribution in [2.24, 2.45) is 0 Å². The summed E-state index contributed by atoms with van der Waals surface area (Å²) < 4.78 is 0. The lowest BCUT2D eigenvalue weighted by Crippen LogP contribution is -2.47. The summed E-state index contributed by atoms with van der Waals surface area (Å²) in [6.07, 6.45) is 4.04. The Morgan fingerprint density at radius 3 is 1.61 bits per heavy atom. The number of thiol groups is 1. The molecule has 1 unspecified atom stereocenters. The van der Waals surface area contributed by atoms with Gasteiger partial charge in [0.15, 0.2) is 5.12 Å². The van der Waals surface area contributed by atoms with Crippen LogP contribution in [0.5, 0.6) is 0 Å². The number of nitrogens with zero attached hydrogens (tertiary/aromatic N) is 3. The predicted octanol–water partition coefficient (Wildman–Crippen LogP) is -0.904. The van der Waals surface area contributed by atoms with Gasteiger partial charge in [-0.3, -0.25) is 33.9 Å². The van der Waals surface area contributed by atoms with E-state index in [4.69, 9.17) is 10.2 Å². The second-order valence-electron chi connectivity index (χ2n) is 7.06. The first-order valence-corrected chi connectivity index (χ1v) is 11.4. The van der Waals surface area contributed by atoms with Gasteiger partial charge < -0.3 is 15.3 Å². The fourth-order valence-corrected chi connectivity index (χ4v) is 3.69. The highest BCUT2D eigenvalue weighted by atomic mass is 32.2. The smallest absolute Gasteiger partial charge is 0.320 e. The van der Waals surface area contributed by atoms with E-state index in [1.165, 1.54) is 0 Å². The highest BCUT2D eigenvalue weighted by molar-refractivity contribution is 8.28. The van der Waals surface area contributed by atoms with Crippen molar-refractivity contribution in [3.63, 3.8) is 0 Å². The summed E-state index contributed by atoms with van der Waals surface area (Å²) in [7, 11) is -0.775. The summed E-state index contributed by atoms with van der Waals surface area (Å²) in [5, 5.41) is 27.9. The van der Waals surface area contributed by atoms with Gasteiger partial charge in [0.2, 0.25) is 0 Å². The molecule has 1 aliphatic heterocycles. The second-order valence-corrected chi connectivity index (χ2v) is 9.34. The molecule has 0 amide bonds. The number of aliphatic carboxylic acids is 3. The highest BCUT2D eigenvalue weighted by Gasteiger charge is 2.28. The van der Waals surface area contributed by atoms with Gasteiger partial charge >= 0.3 is 17.9 Å². The molecular weight excluding hydrogens is 390 g/mol. The van der Waals surface area contributed by atoms with Crippen molar-refractivity contribution in [3.8, 4) is 0 Å². The van der Waals surface area contributed by atoms with E-state index in [-0.39, 0.29) is 31.0 Å². The Kier molecular flexibility index (Phi) is 10.4. The maximum atomic E-state index is 11.9. The summed E-state index contributed by atoms with van der Waals surface area (Å²) >= 11 is 0. The Labute approximate surface area is 167 Å². The number of carboxylic acid groups (broad SMARTS) is 3. The third kappa shape index (κ3) is 9.00. The van der Waals surface area contributed by atoms with Crippen LogP contribution in [-0.2, 0) is 19.2 Å². The molecule has 0 saturated carbocycles. The molecular formula is C17H31N3O7S.